The molecule has 3 heterocycles. The lowest BCUT2D eigenvalue weighted by molar-refractivity contribution is -0.167. The molecule has 1 aromatic carbocycles. The van der Waals surface area contributed by atoms with Crippen molar-refractivity contribution in [1.29, 1.82) is 0 Å². The Morgan fingerprint density at radius 3 is 2.47 bits per heavy atom. The Labute approximate surface area is 213 Å². The number of hydrogen-bond acceptors (Lipinski definition) is 6. The van der Waals surface area contributed by atoms with Crippen molar-refractivity contribution in [3.05, 3.63) is 65.1 Å². The van der Waals surface area contributed by atoms with E-state index in [-0.39, 0.29) is 5.92 Å². The third-order valence-electron chi connectivity index (χ3n) is 6.33. The minimum atomic E-state index is -1.24. The SMILES string of the molecule is CC.CC.CC(NC(=O)N1C(=O)[C@H](C(C)C2=CCNC(N)=C2)C1C(=O)O)C1=CNCc2ccccc21. The molecule has 0 aliphatic carbocycles. The number of aliphatic carboxylic acids is 1. The fourth-order valence-electron chi connectivity index (χ4n) is 4.59. The van der Waals surface area contributed by atoms with Crippen molar-refractivity contribution in [3.8, 4) is 0 Å². The van der Waals surface area contributed by atoms with Gasteiger partial charge < -0.3 is 26.8 Å². The van der Waals surface area contributed by atoms with Crippen LogP contribution in [-0.4, -0.2) is 46.5 Å². The summed E-state index contributed by atoms with van der Waals surface area (Å²) in [5.41, 5.74) is 9.58. The van der Waals surface area contributed by atoms with Crippen LogP contribution in [0, 0.1) is 11.8 Å². The molecule has 3 unspecified atom stereocenters. The zero-order valence-corrected chi connectivity index (χ0v) is 22.0. The van der Waals surface area contributed by atoms with Crippen molar-refractivity contribution in [1.82, 2.24) is 20.9 Å². The number of carboxylic acid groups (broad SMARTS) is 1. The summed E-state index contributed by atoms with van der Waals surface area (Å²) in [7, 11) is 0. The molecule has 3 aliphatic rings. The number of fused-ring (bicyclic) bond motifs is 1. The highest BCUT2D eigenvalue weighted by Gasteiger charge is 2.57. The van der Waals surface area contributed by atoms with Crippen molar-refractivity contribution < 1.29 is 19.5 Å². The number of carbonyl (C=O) groups is 3. The van der Waals surface area contributed by atoms with Crippen molar-refractivity contribution in [2.45, 2.75) is 60.2 Å². The van der Waals surface area contributed by atoms with Gasteiger partial charge in [0.15, 0.2) is 6.04 Å². The number of nitrogens with zero attached hydrogens (tertiary/aromatic N) is 1. The summed E-state index contributed by atoms with van der Waals surface area (Å²) in [6, 6.07) is 5.48. The minimum absolute atomic E-state index is 0.386. The summed E-state index contributed by atoms with van der Waals surface area (Å²) in [6.07, 6.45) is 5.41. The van der Waals surface area contributed by atoms with E-state index in [0.717, 1.165) is 27.2 Å². The molecule has 6 N–H and O–H groups in total. The largest absolute Gasteiger partial charge is 0.480 e. The smallest absolute Gasteiger partial charge is 0.327 e. The highest BCUT2D eigenvalue weighted by atomic mass is 16.4. The quantitative estimate of drug-likeness (QED) is 0.394. The van der Waals surface area contributed by atoms with Crippen LogP contribution in [0.15, 0.2) is 54.0 Å². The average molecular weight is 498 g/mol. The Morgan fingerprint density at radius 1 is 1.17 bits per heavy atom. The van der Waals surface area contributed by atoms with E-state index in [0.29, 0.717) is 18.9 Å². The number of urea groups is 1. The summed E-state index contributed by atoms with van der Waals surface area (Å²) >= 11 is 0. The number of rotatable bonds is 5. The van der Waals surface area contributed by atoms with Crippen molar-refractivity contribution in [2.75, 3.05) is 6.54 Å². The number of nitrogens with one attached hydrogen (secondary N) is 3. The number of dihydropyridines is 1. The molecule has 4 atom stereocenters. The Balaban J connectivity index is 0.00000109. The normalized spacial score (nSPS) is 21.4. The Hall–Kier alpha value is -3.75. The number of amides is 3. The Kier molecular flexibility index (Phi) is 10.1. The van der Waals surface area contributed by atoms with Crippen LogP contribution < -0.4 is 21.7 Å². The Morgan fingerprint density at radius 2 is 1.83 bits per heavy atom. The Bertz CT molecular complexity index is 1060. The van der Waals surface area contributed by atoms with Crippen molar-refractivity contribution in [3.63, 3.8) is 0 Å². The lowest BCUT2D eigenvalue weighted by Gasteiger charge is -2.46. The van der Waals surface area contributed by atoms with Gasteiger partial charge in [-0.05, 0) is 41.2 Å². The van der Waals surface area contributed by atoms with Crippen LogP contribution >= 0.6 is 0 Å². The van der Waals surface area contributed by atoms with E-state index < -0.39 is 35.9 Å². The van der Waals surface area contributed by atoms with Gasteiger partial charge in [0.05, 0.1) is 17.8 Å². The van der Waals surface area contributed by atoms with E-state index in [1.165, 1.54) is 0 Å². The molecule has 3 amide bonds. The van der Waals surface area contributed by atoms with E-state index in [1.807, 2.05) is 64.2 Å². The molecule has 0 aromatic heterocycles. The van der Waals surface area contributed by atoms with Crippen LogP contribution in [0.1, 0.15) is 52.7 Å². The molecule has 0 radical (unpaired) electrons. The minimum Gasteiger partial charge on any atom is -0.480 e. The van der Waals surface area contributed by atoms with E-state index in [4.69, 9.17) is 5.73 Å². The van der Waals surface area contributed by atoms with Gasteiger partial charge in [-0.1, -0.05) is 65.0 Å². The van der Waals surface area contributed by atoms with E-state index in [1.54, 1.807) is 19.9 Å². The van der Waals surface area contributed by atoms with Crippen LogP contribution in [0.4, 0.5) is 4.79 Å². The highest BCUT2D eigenvalue weighted by Crippen LogP contribution is 2.38. The zero-order chi connectivity index (χ0) is 27.0. The molecule has 1 fully saturated rings. The summed E-state index contributed by atoms with van der Waals surface area (Å²) < 4.78 is 0. The molecule has 196 valence electrons. The second-order valence-corrected chi connectivity index (χ2v) is 8.30. The highest BCUT2D eigenvalue weighted by molar-refractivity contribution is 6.08. The summed E-state index contributed by atoms with van der Waals surface area (Å²) in [5.74, 6) is -2.47. The number of β-lactam (4-membered cyclic amide) rings is 1. The molecule has 4 rings (SSSR count). The van der Waals surface area contributed by atoms with Gasteiger partial charge >= 0.3 is 12.0 Å². The molecule has 0 spiro atoms. The molecule has 0 bridgehead atoms. The first kappa shape index (κ1) is 28.5. The number of carboxylic acids is 1. The maximum atomic E-state index is 12.9. The van der Waals surface area contributed by atoms with E-state index in [9.17, 15) is 19.5 Å². The van der Waals surface area contributed by atoms with Gasteiger partial charge in [0.1, 0.15) is 0 Å². The van der Waals surface area contributed by atoms with Gasteiger partial charge in [0.2, 0.25) is 5.91 Å². The molecular weight excluding hydrogens is 458 g/mol. The standard InChI is InChI=1S/C23H27N5O4.2C2H6/c1-12(14-7-8-26-18(24)9-14)19-20(22(30)31)28(21(19)29)23(32)27-13(2)17-11-25-10-15-5-3-4-6-16(15)17;2*1-2/h3-7,9,11-13,19-20,25-26H,8,10,24H2,1-2H3,(H,27,32)(H,30,31);2*1-2H3/t12?,13?,19-,20?;;/m1../s1. The van der Waals surface area contributed by atoms with Gasteiger partial charge in [0, 0.05) is 19.3 Å². The number of carbonyl (C=O) groups excluding carboxylic acids is 2. The molecule has 9 nitrogen and oxygen atoms in total. The molecule has 1 saturated heterocycles. The molecule has 0 saturated carbocycles. The van der Waals surface area contributed by atoms with Gasteiger partial charge in [-0.3, -0.25) is 4.79 Å². The zero-order valence-electron chi connectivity index (χ0n) is 22.0. The third-order valence-corrected chi connectivity index (χ3v) is 6.33. The van der Waals surface area contributed by atoms with E-state index in [2.05, 4.69) is 16.0 Å². The lowest BCUT2D eigenvalue weighted by Crippen LogP contribution is -2.70. The second-order valence-electron chi connectivity index (χ2n) is 8.30. The van der Waals surface area contributed by atoms with Crippen LogP contribution in [0.5, 0.6) is 0 Å². The van der Waals surface area contributed by atoms with Crippen LogP contribution in [0.3, 0.4) is 0 Å². The number of allylic oxidation sites excluding steroid dienone is 2. The molecule has 36 heavy (non-hydrogen) atoms. The summed E-state index contributed by atoms with van der Waals surface area (Å²) in [5, 5.41) is 18.7. The first-order valence-corrected chi connectivity index (χ1v) is 12.6. The van der Waals surface area contributed by atoms with Crippen LogP contribution in [-0.2, 0) is 16.1 Å². The number of nitrogens with two attached hydrogens (primary N) is 1. The molecule has 3 aliphatic heterocycles. The third kappa shape index (κ3) is 5.72. The summed E-state index contributed by atoms with van der Waals surface area (Å²) in [4.78, 5) is 38.7. The fraction of sp³-hybridized carbons (Fsp3) is 0.444. The monoisotopic (exact) mass is 497 g/mol. The molecular formula is C27H39N5O4. The number of hydrogen-bond donors (Lipinski definition) is 5. The second kappa shape index (κ2) is 12.8. The number of benzene rings is 1. The first-order chi connectivity index (χ1) is 17.3. The van der Waals surface area contributed by atoms with Gasteiger partial charge in [-0.2, -0.15) is 0 Å². The summed E-state index contributed by atoms with van der Waals surface area (Å²) in [6.45, 7) is 12.8. The van der Waals surface area contributed by atoms with Crippen molar-refractivity contribution >= 4 is 23.5 Å². The topological polar surface area (TPSA) is 137 Å². The maximum absolute atomic E-state index is 12.9. The molecule has 9 heteroatoms. The van der Waals surface area contributed by atoms with Gasteiger partial charge in [-0.15, -0.1) is 0 Å². The van der Waals surface area contributed by atoms with Crippen molar-refractivity contribution in [2.24, 2.45) is 17.6 Å². The fourth-order valence-corrected chi connectivity index (χ4v) is 4.59. The predicted molar refractivity (Wildman–Crippen MR) is 141 cm³/mol. The average Bonchev–Trinajstić information content (AvgIpc) is 2.88. The predicted octanol–water partition coefficient (Wildman–Crippen LogP) is 3.16. The van der Waals surface area contributed by atoms with E-state index >= 15 is 0 Å². The first-order valence-electron chi connectivity index (χ1n) is 12.6. The van der Waals surface area contributed by atoms with Gasteiger partial charge in [0.25, 0.3) is 0 Å². The van der Waals surface area contributed by atoms with Crippen LogP contribution in [0.25, 0.3) is 5.57 Å². The maximum Gasteiger partial charge on any atom is 0.327 e. The number of likely N-dealkylation sites (tertiary alicyclic amines) is 1. The lowest BCUT2D eigenvalue weighted by atomic mass is 9.74. The molecule has 1 aromatic rings. The van der Waals surface area contributed by atoms with Crippen LogP contribution in [0.2, 0.25) is 0 Å². The van der Waals surface area contributed by atoms with Gasteiger partial charge in [-0.25, -0.2) is 14.5 Å². The number of imide groups is 1.